The van der Waals surface area contributed by atoms with Gasteiger partial charge in [-0.1, -0.05) is 6.07 Å². The first-order valence-corrected chi connectivity index (χ1v) is 7.38. The molecule has 5 nitrogen and oxygen atoms in total. The van der Waals surface area contributed by atoms with E-state index in [2.05, 4.69) is 4.90 Å². The molecule has 2 N–H and O–H groups in total. The maximum absolute atomic E-state index is 10.6. The molecule has 1 aliphatic rings. The largest absolute Gasteiger partial charge is 0.507 e. The number of methoxy groups -OCH3 is 1. The summed E-state index contributed by atoms with van der Waals surface area (Å²) < 4.78 is 5.08. The minimum absolute atomic E-state index is 0.266. The Morgan fingerprint density at radius 3 is 2.67 bits per heavy atom. The first-order chi connectivity index (χ1) is 10.1. The molecule has 1 fully saturated rings. The van der Waals surface area contributed by atoms with Gasteiger partial charge < -0.3 is 14.9 Å². The molecule has 0 spiro atoms. The summed E-state index contributed by atoms with van der Waals surface area (Å²) in [5.41, 5.74) is 0.903. The van der Waals surface area contributed by atoms with Gasteiger partial charge in [0.1, 0.15) is 11.5 Å². The molecule has 0 aromatic heterocycles. The molecule has 21 heavy (non-hydrogen) atoms. The number of phenols is 1. The van der Waals surface area contributed by atoms with Crippen LogP contribution < -0.4 is 4.74 Å². The van der Waals surface area contributed by atoms with Gasteiger partial charge in [0.15, 0.2) is 0 Å². The number of aromatic hydroxyl groups is 1. The van der Waals surface area contributed by atoms with Gasteiger partial charge in [-0.15, -0.1) is 0 Å². The van der Waals surface area contributed by atoms with E-state index < -0.39 is 5.97 Å². The predicted octanol–water partition coefficient (Wildman–Crippen LogP) is 2.48. The summed E-state index contributed by atoms with van der Waals surface area (Å²) in [5.74, 6) is 0.730. The molecule has 5 heteroatoms. The van der Waals surface area contributed by atoms with E-state index in [1.165, 1.54) is 0 Å². The molecule has 0 radical (unpaired) electrons. The fourth-order valence-electron chi connectivity index (χ4n) is 2.81. The second-order valence-corrected chi connectivity index (χ2v) is 5.65. The summed E-state index contributed by atoms with van der Waals surface area (Å²) in [6, 6.07) is 5.38. The van der Waals surface area contributed by atoms with Crippen LogP contribution in [0.1, 0.15) is 31.2 Å². The highest BCUT2D eigenvalue weighted by molar-refractivity contribution is 5.66. The number of aliphatic carboxylic acids is 1. The molecule has 1 saturated heterocycles. The monoisotopic (exact) mass is 293 g/mol. The highest BCUT2D eigenvalue weighted by Crippen LogP contribution is 2.27. The highest BCUT2D eigenvalue weighted by atomic mass is 16.5. The number of carboxylic acids is 1. The number of benzene rings is 1. The lowest BCUT2D eigenvalue weighted by Gasteiger charge is -2.32. The molecular formula is C16H23NO4. The van der Waals surface area contributed by atoms with Gasteiger partial charge in [-0.25, -0.2) is 0 Å². The number of nitrogens with zero attached hydrogens (tertiary/aromatic N) is 1. The zero-order valence-corrected chi connectivity index (χ0v) is 12.4. The number of hydrogen-bond acceptors (Lipinski definition) is 4. The quantitative estimate of drug-likeness (QED) is 0.843. The molecule has 0 bridgehead atoms. The van der Waals surface area contributed by atoms with E-state index in [4.69, 9.17) is 9.84 Å². The summed E-state index contributed by atoms with van der Waals surface area (Å²) in [6.45, 7) is 2.63. The fourth-order valence-corrected chi connectivity index (χ4v) is 2.81. The van der Waals surface area contributed by atoms with Crippen LogP contribution in [0, 0.1) is 5.92 Å². The van der Waals surface area contributed by atoms with Gasteiger partial charge in [-0.2, -0.15) is 0 Å². The third-order valence-electron chi connectivity index (χ3n) is 4.16. The molecule has 0 amide bonds. The van der Waals surface area contributed by atoms with Crippen LogP contribution in [-0.4, -0.2) is 41.3 Å². The van der Waals surface area contributed by atoms with Crippen molar-refractivity contribution >= 4 is 5.97 Å². The number of piperidine rings is 1. The average molecular weight is 293 g/mol. The van der Waals surface area contributed by atoms with E-state index in [1.54, 1.807) is 13.2 Å². The van der Waals surface area contributed by atoms with Crippen molar-refractivity contribution in [1.82, 2.24) is 4.90 Å². The molecule has 1 heterocycles. The van der Waals surface area contributed by atoms with Crippen molar-refractivity contribution in [2.24, 2.45) is 5.92 Å². The second-order valence-electron chi connectivity index (χ2n) is 5.65. The molecule has 1 aromatic carbocycles. The van der Waals surface area contributed by atoms with Crippen molar-refractivity contribution in [2.75, 3.05) is 20.2 Å². The second kappa shape index (κ2) is 7.31. The van der Waals surface area contributed by atoms with Crippen LogP contribution in [0.15, 0.2) is 18.2 Å². The van der Waals surface area contributed by atoms with E-state index in [9.17, 15) is 9.90 Å². The Bertz CT molecular complexity index is 481. The van der Waals surface area contributed by atoms with Gasteiger partial charge in [0.2, 0.25) is 0 Å². The van der Waals surface area contributed by atoms with E-state index in [-0.39, 0.29) is 12.2 Å². The van der Waals surface area contributed by atoms with Gasteiger partial charge in [-0.3, -0.25) is 9.69 Å². The standard InChI is InChI=1S/C16H23NO4/c1-21-14-4-3-13(15(18)10-14)11-17-8-6-12(7-9-17)2-5-16(19)20/h3-4,10,12,18H,2,5-9,11H2,1H3,(H,19,20). The number of ether oxygens (including phenoxy) is 1. The Balaban J connectivity index is 1.82. The van der Waals surface area contributed by atoms with Crippen LogP contribution in [0.5, 0.6) is 11.5 Å². The summed E-state index contributed by atoms with van der Waals surface area (Å²) in [4.78, 5) is 12.9. The molecule has 0 unspecified atom stereocenters. The SMILES string of the molecule is COc1ccc(CN2CCC(CCC(=O)O)CC2)c(O)c1. The van der Waals surface area contributed by atoms with E-state index >= 15 is 0 Å². The number of phenolic OH excluding ortho intramolecular Hbond substituents is 1. The Morgan fingerprint density at radius 1 is 1.38 bits per heavy atom. The van der Waals surface area contributed by atoms with E-state index in [1.807, 2.05) is 12.1 Å². The number of hydrogen-bond donors (Lipinski definition) is 2. The normalized spacial score (nSPS) is 16.8. The fraction of sp³-hybridized carbons (Fsp3) is 0.562. The Hall–Kier alpha value is -1.75. The van der Waals surface area contributed by atoms with Crippen molar-refractivity contribution < 1.29 is 19.7 Å². The van der Waals surface area contributed by atoms with Gasteiger partial charge in [0, 0.05) is 24.6 Å². The highest BCUT2D eigenvalue weighted by Gasteiger charge is 2.20. The van der Waals surface area contributed by atoms with Crippen LogP contribution in [0.4, 0.5) is 0 Å². The molecule has 0 aliphatic carbocycles. The minimum atomic E-state index is -0.708. The van der Waals surface area contributed by atoms with Crippen LogP contribution in [-0.2, 0) is 11.3 Å². The Kier molecular flexibility index (Phi) is 5.44. The first-order valence-electron chi connectivity index (χ1n) is 7.38. The topological polar surface area (TPSA) is 70.0 Å². The maximum atomic E-state index is 10.6. The van der Waals surface area contributed by atoms with E-state index in [0.29, 0.717) is 11.7 Å². The van der Waals surface area contributed by atoms with Gasteiger partial charge in [-0.05, 0) is 44.3 Å². The lowest BCUT2D eigenvalue weighted by molar-refractivity contribution is -0.137. The Morgan fingerprint density at radius 2 is 2.10 bits per heavy atom. The van der Waals surface area contributed by atoms with Crippen molar-refractivity contribution in [2.45, 2.75) is 32.2 Å². The van der Waals surface area contributed by atoms with Crippen LogP contribution >= 0.6 is 0 Å². The number of carbonyl (C=O) groups is 1. The van der Waals surface area contributed by atoms with Crippen LogP contribution in [0.2, 0.25) is 0 Å². The molecule has 1 aliphatic heterocycles. The average Bonchev–Trinajstić information content (AvgIpc) is 2.48. The third kappa shape index (κ3) is 4.63. The van der Waals surface area contributed by atoms with Crippen molar-refractivity contribution in [3.63, 3.8) is 0 Å². The van der Waals surface area contributed by atoms with Crippen LogP contribution in [0.25, 0.3) is 0 Å². The van der Waals surface area contributed by atoms with Crippen LogP contribution in [0.3, 0.4) is 0 Å². The summed E-state index contributed by atoms with van der Waals surface area (Å²) in [5, 5.41) is 18.7. The van der Waals surface area contributed by atoms with E-state index in [0.717, 1.165) is 44.5 Å². The van der Waals surface area contributed by atoms with Crippen molar-refractivity contribution in [1.29, 1.82) is 0 Å². The first kappa shape index (κ1) is 15.6. The summed E-state index contributed by atoms with van der Waals surface area (Å²) in [7, 11) is 1.58. The predicted molar refractivity (Wildman–Crippen MR) is 79.5 cm³/mol. The van der Waals surface area contributed by atoms with Gasteiger partial charge in [0.25, 0.3) is 0 Å². The number of rotatable bonds is 6. The minimum Gasteiger partial charge on any atom is -0.507 e. The molecule has 1 aromatic rings. The molecule has 0 saturated carbocycles. The van der Waals surface area contributed by atoms with Gasteiger partial charge in [0.05, 0.1) is 7.11 Å². The Labute approximate surface area is 125 Å². The summed E-state index contributed by atoms with van der Waals surface area (Å²) >= 11 is 0. The lowest BCUT2D eigenvalue weighted by Crippen LogP contribution is -2.33. The van der Waals surface area contributed by atoms with Crippen molar-refractivity contribution in [3.8, 4) is 11.5 Å². The zero-order valence-electron chi connectivity index (χ0n) is 12.4. The molecular weight excluding hydrogens is 270 g/mol. The summed E-state index contributed by atoms with van der Waals surface area (Å²) in [6.07, 6.45) is 3.11. The molecule has 116 valence electrons. The smallest absolute Gasteiger partial charge is 0.303 e. The zero-order chi connectivity index (χ0) is 15.2. The lowest BCUT2D eigenvalue weighted by atomic mass is 9.92. The number of likely N-dealkylation sites (tertiary alicyclic amines) is 1. The van der Waals surface area contributed by atoms with Gasteiger partial charge >= 0.3 is 5.97 Å². The molecule has 0 atom stereocenters. The maximum Gasteiger partial charge on any atom is 0.303 e. The van der Waals surface area contributed by atoms with Crippen molar-refractivity contribution in [3.05, 3.63) is 23.8 Å². The molecule has 2 rings (SSSR count). The number of carboxylic acid groups (broad SMARTS) is 1. The third-order valence-corrected chi connectivity index (χ3v) is 4.16.